The maximum atomic E-state index is 12.9. The third-order valence-electron chi connectivity index (χ3n) is 3.49. The molecule has 0 aliphatic carbocycles. The number of alkyl halides is 4. The molecule has 1 fully saturated rings. The first-order valence-electron chi connectivity index (χ1n) is 6.96. The smallest absolute Gasteiger partial charge is 0.406 e. The van der Waals surface area contributed by atoms with Gasteiger partial charge in [-0.2, -0.15) is 0 Å². The van der Waals surface area contributed by atoms with Gasteiger partial charge in [0.25, 0.3) is 0 Å². The van der Waals surface area contributed by atoms with Crippen LogP contribution in [0.3, 0.4) is 0 Å². The second kappa shape index (κ2) is 9.05. The van der Waals surface area contributed by atoms with E-state index in [1.165, 1.54) is 12.1 Å². The Morgan fingerprint density at radius 3 is 2.43 bits per heavy atom. The number of halogens is 6. The number of ether oxygens (including phenoxy) is 1. The van der Waals surface area contributed by atoms with Gasteiger partial charge in [0.15, 0.2) is 0 Å². The fourth-order valence-corrected chi connectivity index (χ4v) is 3.12. The van der Waals surface area contributed by atoms with Crippen molar-refractivity contribution in [2.75, 3.05) is 32.9 Å². The summed E-state index contributed by atoms with van der Waals surface area (Å²) in [6.45, 7) is 2.49. The van der Waals surface area contributed by atoms with Crippen molar-refractivity contribution < 1.29 is 22.3 Å². The Morgan fingerprint density at radius 2 is 1.87 bits per heavy atom. The van der Waals surface area contributed by atoms with Gasteiger partial charge in [0.1, 0.15) is 5.75 Å². The number of hydrogen-bond acceptors (Lipinski definition) is 3. The van der Waals surface area contributed by atoms with E-state index in [0.29, 0.717) is 10.0 Å². The highest BCUT2D eigenvalue weighted by Crippen LogP contribution is 2.33. The number of benzene rings is 1. The van der Waals surface area contributed by atoms with Crippen LogP contribution in [0.5, 0.6) is 5.75 Å². The number of piperazine rings is 1. The molecule has 1 atom stereocenters. The van der Waals surface area contributed by atoms with Crippen molar-refractivity contribution in [1.29, 1.82) is 0 Å². The lowest BCUT2D eigenvalue weighted by molar-refractivity contribution is -0.274. The molecule has 0 radical (unpaired) electrons. The third kappa shape index (κ3) is 6.45. The first-order valence-corrected chi connectivity index (χ1v) is 7.75. The lowest BCUT2D eigenvalue weighted by Crippen LogP contribution is -2.45. The van der Waals surface area contributed by atoms with Gasteiger partial charge >= 0.3 is 6.36 Å². The maximum absolute atomic E-state index is 12.9. The topological polar surface area (TPSA) is 24.5 Å². The van der Waals surface area contributed by atoms with E-state index in [-0.39, 0.29) is 30.6 Å². The predicted molar refractivity (Wildman–Crippen MR) is 85.8 cm³/mol. The zero-order chi connectivity index (χ0) is 16.2. The Balaban J connectivity index is 0.00000264. The zero-order valence-electron chi connectivity index (χ0n) is 12.2. The molecule has 0 bridgehead atoms. The molecule has 1 aliphatic rings. The van der Waals surface area contributed by atoms with Crippen LogP contribution >= 0.6 is 28.3 Å². The summed E-state index contributed by atoms with van der Waals surface area (Å²) in [6, 6.07) is 4.04. The van der Waals surface area contributed by atoms with Gasteiger partial charge in [0.2, 0.25) is 0 Å². The van der Waals surface area contributed by atoms with Crippen molar-refractivity contribution >= 4 is 28.3 Å². The molecule has 1 heterocycles. The Hall–Kier alpha value is -0.570. The van der Waals surface area contributed by atoms with Crippen LogP contribution in [0.4, 0.5) is 17.6 Å². The molecule has 23 heavy (non-hydrogen) atoms. The fraction of sp³-hybridized carbons (Fsp3) is 0.571. The molecule has 2 rings (SSSR count). The minimum atomic E-state index is -4.75. The third-order valence-corrected chi connectivity index (χ3v) is 3.94. The summed E-state index contributed by atoms with van der Waals surface area (Å²) in [4.78, 5) is 2.08. The molecule has 1 aromatic carbocycles. The molecule has 0 aromatic heterocycles. The van der Waals surface area contributed by atoms with Gasteiger partial charge in [0, 0.05) is 36.7 Å². The van der Waals surface area contributed by atoms with Crippen LogP contribution in [-0.2, 0) is 0 Å². The molecule has 132 valence electrons. The Bertz CT molecular complexity index is 498. The average molecular weight is 422 g/mol. The van der Waals surface area contributed by atoms with Crippen molar-refractivity contribution in [2.45, 2.75) is 18.8 Å². The van der Waals surface area contributed by atoms with Crippen LogP contribution in [0, 0.1) is 0 Å². The summed E-state index contributed by atoms with van der Waals surface area (Å²) in [5.41, 5.74) is 0.619. The second-order valence-electron chi connectivity index (χ2n) is 5.05. The SMILES string of the molecule is Cl.FCC[C@@H](c1cc(Br)cc(OC(F)(F)F)c1)N1CCNCC1. The Labute approximate surface area is 146 Å². The summed E-state index contributed by atoms with van der Waals surface area (Å²) in [6.07, 6.45) is -4.51. The molecule has 1 saturated heterocycles. The van der Waals surface area contributed by atoms with Crippen LogP contribution in [0.1, 0.15) is 18.0 Å². The molecule has 0 amide bonds. The van der Waals surface area contributed by atoms with Crippen LogP contribution in [0.15, 0.2) is 22.7 Å². The zero-order valence-corrected chi connectivity index (χ0v) is 14.6. The van der Waals surface area contributed by atoms with Gasteiger partial charge in [-0.3, -0.25) is 9.29 Å². The molecule has 3 nitrogen and oxygen atoms in total. The highest BCUT2D eigenvalue weighted by atomic mass is 79.9. The van der Waals surface area contributed by atoms with Gasteiger partial charge in [-0.1, -0.05) is 15.9 Å². The molecule has 0 unspecified atom stereocenters. The van der Waals surface area contributed by atoms with E-state index in [4.69, 9.17) is 0 Å². The van der Waals surface area contributed by atoms with Crippen molar-refractivity contribution in [2.24, 2.45) is 0 Å². The monoisotopic (exact) mass is 420 g/mol. The predicted octanol–water partition coefficient (Wildman–Crippen LogP) is 4.08. The van der Waals surface area contributed by atoms with E-state index >= 15 is 0 Å². The van der Waals surface area contributed by atoms with Gasteiger partial charge in [-0.25, -0.2) is 0 Å². The van der Waals surface area contributed by atoms with E-state index in [1.54, 1.807) is 6.07 Å². The summed E-state index contributed by atoms with van der Waals surface area (Å²) in [5, 5.41) is 3.20. The van der Waals surface area contributed by atoms with Gasteiger partial charge in [-0.05, 0) is 30.2 Å². The summed E-state index contributed by atoms with van der Waals surface area (Å²) >= 11 is 3.19. The first-order chi connectivity index (χ1) is 10.4. The van der Waals surface area contributed by atoms with Crippen LogP contribution in [0.2, 0.25) is 0 Å². The molecule has 9 heteroatoms. The summed E-state index contributed by atoms with van der Waals surface area (Å²) in [7, 11) is 0. The van der Waals surface area contributed by atoms with Gasteiger partial charge in [-0.15, -0.1) is 25.6 Å². The average Bonchev–Trinajstić information content (AvgIpc) is 2.43. The number of nitrogens with one attached hydrogen (secondary N) is 1. The summed E-state index contributed by atoms with van der Waals surface area (Å²) in [5.74, 6) is -0.295. The normalized spacial score (nSPS) is 17.4. The van der Waals surface area contributed by atoms with E-state index in [9.17, 15) is 17.6 Å². The van der Waals surface area contributed by atoms with E-state index in [1.807, 2.05) is 0 Å². The van der Waals surface area contributed by atoms with E-state index in [0.717, 1.165) is 26.2 Å². The largest absolute Gasteiger partial charge is 0.573 e. The van der Waals surface area contributed by atoms with Crippen LogP contribution < -0.4 is 10.1 Å². The molecule has 1 aromatic rings. The van der Waals surface area contributed by atoms with Crippen LogP contribution in [-0.4, -0.2) is 44.1 Å². The van der Waals surface area contributed by atoms with Gasteiger partial charge < -0.3 is 10.1 Å². The number of rotatable bonds is 5. The van der Waals surface area contributed by atoms with Gasteiger partial charge in [0.05, 0.1) is 6.67 Å². The quantitative estimate of drug-likeness (QED) is 0.725. The Morgan fingerprint density at radius 1 is 1.22 bits per heavy atom. The lowest BCUT2D eigenvalue weighted by Gasteiger charge is -2.35. The number of hydrogen-bond donors (Lipinski definition) is 1. The molecule has 0 spiro atoms. The van der Waals surface area contributed by atoms with Crippen molar-refractivity contribution in [1.82, 2.24) is 10.2 Å². The molecule has 1 aliphatic heterocycles. The highest BCUT2D eigenvalue weighted by molar-refractivity contribution is 9.10. The highest BCUT2D eigenvalue weighted by Gasteiger charge is 2.32. The van der Waals surface area contributed by atoms with Crippen molar-refractivity contribution in [3.05, 3.63) is 28.2 Å². The molecule has 0 saturated carbocycles. The van der Waals surface area contributed by atoms with Crippen LogP contribution in [0.25, 0.3) is 0 Å². The number of nitrogens with zero attached hydrogens (tertiary/aromatic N) is 1. The minimum absolute atomic E-state index is 0. The molecule has 1 N–H and O–H groups in total. The lowest BCUT2D eigenvalue weighted by atomic mass is 10.0. The van der Waals surface area contributed by atoms with E-state index < -0.39 is 13.0 Å². The molecular formula is C14H18BrClF4N2O. The maximum Gasteiger partial charge on any atom is 0.573 e. The second-order valence-corrected chi connectivity index (χ2v) is 5.96. The van der Waals surface area contributed by atoms with Crippen molar-refractivity contribution in [3.63, 3.8) is 0 Å². The first kappa shape index (κ1) is 20.5. The van der Waals surface area contributed by atoms with Crippen molar-refractivity contribution in [3.8, 4) is 5.75 Å². The minimum Gasteiger partial charge on any atom is -0.406 e. The fourth-order valence-electron chi connectivity index (χ4n) is 2.63. The van der Waals surface area contributed by atoms with E-state index in [2.05, 4.69) is 30.9 Å². The molecular weight excluding hydrogens is 404 g/mol. The Kier molecular flexibility index (Phi) is 8.06. The summed E-state index contributed by atoms with van der Waals surface area (Å²) < 4.78 is 54.5. The standard InChI is InChI=1S/C14H17BrF4N2O.ClH/c15-11-7-10(8-12(9-11)22-14(17,18)19)13(1-2-16)21-5-3-20-4-6-21;/h7-9,13,20H,1-6H2;1H/t13-;/m0./s1.